The first-order valence-corrected chi connectivity index (χ1v) is 5.09. The SMILES string of the molecule is CC1CC(=O)C2CC(F)CCC2N1. The van der Waals surface area contributed by atoms with Gasteiger partial charge >= 0.3 is 0 Å². The van der Waals surface area contributed by atoms with Gasteiger partial charge < -0.3 is 5.32 Å². The molecule has 2 fully saturated rings. The van der Waals surface area contributed by atoms with Crippen LogP contribution < -0.4 is 5.32 Å². The van der Waals surface area contributed by atoms with E-state index in [-0.39, 0.29) is 23.8 Å². The number of piperidine rings is 1. The van der Waals surface area contributed by atoms with Crippen LogP contribution in [-0.2, 0) is 4.79 Å². The normalized spacial score (nSPS) is 45.8. The highest BCUT2D eigenvalue weighted by atomic mass is 19.1. The molecule has 0 radical (unpaired) electrons. The predicted octanol–water partition coefficient (Wildman–Crippen LogP) is 1.44. The smallest absolute Gasteiger partial charge is 0.139 e. The van der Waals surface area contributed by atoms with E-state index in [1.165, 1.54) is 0 Å². The van der Waals surface area contributed by atoms with Crippen LogP contribution in [0.25, 0.3) is 0 Å². The Hall–Kier alpha value is -0.440. The third-order valence-electron chi connectivity index (χ3n) is 3.21. The third kappa shape index (κ3) is 1.75. The van der Waals surface area contributed by atoms with Crippen LogP contribution in [0.3, 0.4) is 0 Å². The number of ketones is 1. The molecule has 0 aromatic carbocycles. The van der Waals surface area contributed by atoms with Crippen molar-refractivity contribution in [2.24, 2.45) is 5.92 Å². The number of halogens is 1. The van der Waals surface area contributed by atoms with E-state index in [1.807, 2.05) is 6.92 Å². The van der Waals surface area contributed by atoms with Crippen LogP contribution in [0, 0.1) is 5.92 Å². The minimum absolute atomic E-state index is 0.0417. The van der Waals surface area contributed by atoms with Crippen molar-refractivity contribution in [3.63, 3.8) is 0 Å². The zero-order valence-corrected chi connectivity index (χ0v) is 7.92. The van der Waals surface area contributed by atoms with E-state index in [9.17, 15) is 9.18 Å². The molecule has 3 heteroatoms. The van der Waals surface area contributed by atoms with E-state index in [1.54, 1.807) is 0 Å². The number of carbonyl (C=O) groups excluding carboxylic acids is 1. The van der Waals surface area contributed by atoms with Crippen molar-refractivity contribution in [3.05, 3.63) is 0 Å². The Labute approximate surface area is 77.9 Å². The maximum Gasteiger partial charge on any atom is 0.139 e. The van der Waals surface area contributed by atoms with Crippen molar-refractivity contribution < 1.29 is 9.18 Å². The maximum absolute atomic E-state index is 13.0. The van der Waals surface area contributed by atoms with Crippen molar-refractivity contribution in [2.75, 3.05) is 0 Å². The molecule has 1 aliphatic heterocycles. The average molecular weight is 185 g/mol. The van der Waals surface area contributed by atoms with Crippen LogP contribution in [-0.4, -0.2) is 24.0 Å². The molecule has 2 rings (SSSR count). The number of nitrogens with one attached hydrogen (secondary N) is 1. The van der Waals surface area contributed by atoms with Crippen LogP contribution in [0.4, 0.5) is 4.39 Å². The highest BCUT2D eigenvalue weighted by molar-refractivity contribution is 5.83. The summed E-state index contributed by atoms with van der Waals surface area (Å²) in [5.41, 5.74) is 0. The molecule has 0 aromatic rings. The Morgan fingerprint density at radius 3 is 3.00 bits per heavy atom. The zero-order chi connectivity index (χ0) is 9.42. The predicted molar refractivity (Wildman–Crippen MR) is 48.2 cm³/mol. The molecule has 0 spiro atoms. The number of fused-ring (bicyclic) bond motifs is 1. The maximum atomic E-state index is 13.0. The summed E-state index contributed by atoms with van der Waals surface area (Å²) < 4.78 is 13.0. The summed E-state index contributed by atoms with van der Waals surface area (Å²) in [6, 6.07) is 0.535. The van der Waals surface area contributed by atoms with Gasteiger partial charge in [0.25, 0.3) is 0 Å². The lowest BCUT2D eigenvalue weighted by Crippen LogP contribution is -2.53. The van der Waals surface area contributed by atoms with Gasteiger partial charge in [0.2, 0.25) is 0 Å². The summed E-state index contributed by atoms with van der Waals surface area (Å²) in [5.74, 6) is 0.221. The number of hydrogen-bond acceptors (Lipinski definition) is 2. The number of rotatable bonds is 0. The fourth-order valence-corrected chi connectivity index (χ4v) is 2.55. The molecule has 0 amide bonds. The molecule has 4 unspecified atom stereocenters. The minimum Gasteiger partial charge on any atom is -0.310 e. The molecule has 4 atom stereocenters. The van der Waals surface area contributed by atoms with Crippen molar-refractivity contribution in [2.45, 2.75) is 50.9 Å². The van der Waals surface area contributed by atoms with E-state index >= 15 is 0 Å². The molecule has 1 saturated carbocycles. The van der Waals surface area contributed by atoms with Crippen molar-refractivity contribution in [1.29, 1.82) is 0 Å². The molecule has 1 aliphatic carbocycles. The first-order valence-electron chi connectivity index (χ1n) is 5.09. The molecular weight excluding hydrogens is 169 g/mol. The standard InChI is InChI=1S/C10H16FNO/c1-6-4-10(13)8-5-7(11)2-3-9(8)12-6/h6-9,12H,2-5H2,1H3. The van der Waals surface area contributed by atoms with Crippen molar-refractivity contribution in [3.8, 4) is 0 Å². The number of carbonyl (C=O) groups is 1. The van der Waals surface area contributed by atoms with Gasteiger partial charge in [-0.15, -0.1) is 0 Å². The summed E-state index contributed by atoms with van der Waals surface area (Å²) in [4.78, 5) is 11.6. The molecule has 1 heterocycles. The zero-order valence-electron chi connectivity index (χ0n) is 7.92. The fourth-order valence-electron chi connectivity index (χ4n) is 2.55. The molecule has 2 nitrogen and oxygen atoms in total. The van der Waals surface area contributed by atoms with E-state index in [2.05, 4.69) is 5.32 Å². The second-order valence-electron chi connectivity index (χ2n) is 4.36. The summed E-state index contributed by atoms with van der Waals surface area (Å²) >= 11 is 0. The minimum atomic E-state index is -0.750. The molecule has 0 bridgehead atoms. The van der Waals surface area contributed by atoms with E-state index in [0.29, 0.717) is 19.3 Å². The lowest BCUT2D eigenvalue weighted by Gasteiger charge is -2.39. The molecular formula is C10H16FNO. The quantitative estimate of drug-likeness (QED) is 0.618. The van der Waals surface area contributed by atoms with E-state index < -0.39 is 6.17 Å². The second kappa shape index (κ2) is 3.37. The van der Waals surface area contributed by atoms with Gasteiger partial charge in [0.15, 0.2) is 0 Å². The molecule has 74 valence electrons. The highest BCUT2D eigenvalue weighted by Gasteiger charge is 2.39. The van der Waals surface area contributed by atoms with Gasteiger partial charge in [-0.05, 0) is 26.2 Å². The molecule has 2 aliphatic rings. The van der Waals surface area contributed by atoms with Crippen LogP contribution in [0.2, 0.25) is 0 Å². The second-order valence-corrected chi connectivity index (χ2v) is 4.36. The summed E-state index contributed by atoms with van der Waals surface area (Å²) in [6.07, 6.45) is 1.72. The molecule has 1 saturated heterocycles. The Kier molecular flexibility index (Phi) is 2.37. The van der Waals surface area contributed by atoms with Crippen LogP contribution in [0.15, 0.2) is 0 Å². The Balaban J connectivity index is 2.06. The number of alkyl halides is 1. The third-order valence-corrected chi connectivity index (χ3v) is 3.21. The first-order chi connectivity index (χ1) is 6.16. The summed E-state index contributed by atoms with van der Waals surface area (Å²) in [7, 11) is 0. The summed E-state index contributed by atoms with van der Waals surface area (Å²) in [6.45, 7) is 2.02. The summed E-state index contributed by atoms with van der Waals surface area (Å²) in [5, 5.41) is 3.38. The van der Waals surface area contributed by atoms with Gasteiger partial charge in [0.05, 0.1) is 0 Å². The van der Waals surface area contributed by atoms with Crippen LogP contribution in [0.1, 0.15) is 32.6 Å². The Morgan fingerprint density at radius 2 is 2.23 bits per heavy atom. The molecule has 1 N–H and O–H groups in total. The number of Topliss-reactive ketones (excluding diaryl/α,β-unsaturated/α-hetero) is 1. The Morgan fingerprint density at radius 1 is 1.46 bits per heavy atom. The lowest BCUT2D eigenvalue weighted by molar-refractivity contribution is -0.128. The topological polar surface area (TPSA) is 29.1 Å². The van der Waals surface area contributed by atoms with E-state index in [4.69, 9.17) is 0 Å². The van der Waals surface area contributed by atoms with E-state index in [0.717, 1.165) is 6.42 Å². The Bertz CT molecular complexity index is 219. The van der Waals surface area contributed by atoms with Gasteiger partial charge in [-0.3, -0.25) is 4.79 Å². The fraction of sp³-hybridized carbons (Fsp3) is 0.900. The first kappa shape index (κ1) is 9.13. The lowest BCUT2D eigenvalue weighted by atomic mass is 9.76. The van der Waals surface area contributed by atoms with Gasteiger partial charge in [-0.25, -0.2) is 4.39 Å². The molecule has 0 aromatic heterocycles. The largest absolute Gasteiger partial charge is 0.310 e. The highest BCUT2D eigenvalue weighted by Crippen LogP contribution is 2.31. The average Bonchev–Trinajstić information content (AvgIpc) is 2.06. The van der Waals surface area contributed by atoms with Gasteiger partial charge in [0.1, 0.15) is 12.0 Å². The molecule has 13 heavy (non-hydrogen) atoms. The number of hydrogen-bond donors (Lipinski definition) is 1. The van der Waals surface area contributed by atoms with Crippen LogP contribution in [0.5, 0.6) is 0 Å². The van der Waals surface area contributed by atoms with Gasteiger partial charge in [-0.2, -0.15) is 0 Å². The van der Waals surface area contributed by atoms with Gasteiger partial charge in [-0.1, -0.05) is 0 Å². The monoisotopic (exact) mass is 185 g/mol. The van der Waals surface area contributed by atoms with Crippen molar-refractivity contribution >= 4 is 5.78 Å². The van der Waals surface area contributed by atoms with Crippen LogP contribution >= 0.6 is 0 Å². The van der Waals surface area contributed by atoms with Crippen molar-refractivity contribution in [1.82, 2.24) is 5.32 Å². The van der Waals surface area contributed by atoms with Gasteiger partial charge in [0, 0.05) is 24.4 Å².